The molecule has 2 aliphatic carbocycles. The molecule has 0 aromatic heterocycles. The maximum atomic E-state index is 14.6. The second kappa shape index (κ2) is 7.35. The molecule has 25 heavy (non-hydrogen) atoms. The van der Waals surface area contributed by atoms with Gasteiger partial charge in [-0.2, -0.15) is 0 Å². The first kappa shape index (κ1) is 18.2. The molecule has 4 atom stereocenters. The first-order valence-corrected chi connectivity index (χ1v) is 9.59. The van der Waals surface area contributed by atoms with Gasteiger partial charge in [-0.15, -0.1) is 0 Å². The molecule has 0 saturated heterocycles. The van der Waals surface area contributed by atoms with Crippen molar-refractivity contribution in [2.75, 3.05) is 0 Å². The van der Waals surface area contributed by atoms with Crippen molar-refractivity contribution in [2.45, 2.75) is 71.5 Å². The van der Waals surface area contributed by atoms with Crippen LogP contribution in [0.15, 0.2) is 39.8 Å². The van der Waals surface area contributed by atoms with Crippen molar-refractivity contribution in [3.8, 4) is 0 Å². The lowest BCUT2D eigenvalue weighted by molar-refractivity contribution is 0.268. The van der Waals surface area contributed by atoms with Crippen LogP contribution in [0.5, 0.6) is 0 Å². The highest BCUT2D eigenvalue weighted by atomic mass is 19.1. The van der Waals surface area contributed by atoms with Crippen LogP contribution < -0.4 is 0 Å². The minimum atomic E-state index is -1.24. The van der Waals surface area contributed by atoms with Crippen LogP contribution in [0.3, 0.4) is 0 Å². The quantitative estimate of drug-likeness (QED) is 0.698. The molecule has 3 aliphatic rings. The SMILES string of the molecule is CC1=CC(O)=C(C)C(C)C1CC1N=C(C2CCCCC2)C(O)=CC1F. The zero-order valence-corrected chi connectivity index (χ0v) is 15.5. The van der Waals surface area contributed by atoms with Crippen molar-refractivity contribution in [1.82, 2.24) is 0 Å². The Hall–Kier alpha value is -1.58. The zero-order chi connectivity index (χ0) is 18.1. The summed E-state index contributed by atoms with van der Waals surface area (Å²) in [6, 6.07) is -0.448. The van der Waals surface area contributed by atoms with E-state index in [-0.39, 0.29) is 23.5 Å². The number of halogens is 1. The number of dihydropyridines is 1. The van der Waals surface area contributed by atoms with Crippen molar-refractivity contribution in [1.29, 1.82) is 0 Å². The highest BCUT2D eigenvalue weighted by Gasteiger charge is 2.35. The van der Waals surface area contributed by atoms with E-state index in [2.05, 4.69) is 6.92 Å². The molecule has 4 heteroatoms. The van der Waals surface area contributed by atoms with Gasteiger partial charge in [0.1, 0.15) is 17.7 Å². The van der Waals surface area contributed by atoms with Crippen LogP contribution in [0.2, 0.25) is 0 Å². The summed E-state index contributed by atoms with van der Waals surface area (Å²) < 4.78 is 14.6. The normalized spacial score (nSPS) is 34.5. The minimum Gasteiger partial charge on any atom is -0.508 e. The third-order valence-electron chi connectivity index (χ3n) is 6.38. The maximum Gasteiger partial charge on any atom is 0.144 e. The van der Waals surface area contributed by atoms with Crippen LogP contribution in [-0.4, -0.2) is 28.1 Å². The molecule has 1 saturated carbocycles. The van der Waals surface area contributed by atoms with E-state index < -0.39 is 12.2 Å². The van der Waals surface area contributed by atoms with E-state index in [0.29, 0.717) is 12.2 Å². The average molecular weight is 347 g/mol. The molecule has 138 valence electrons. The third kappa shape index (κ3) is 3.68. The van der Waals surface area contributed by atoms with E-state index in [4.69, 9.17) is 4.99 Å². The Morgan fingerprint density at radius 2 is 1.84 bits per heavy atom. The number of nitrogens with zero attached hydrogens (tertiary/aromatic N) is 1. The fourth-order valence-corrected chi connectivity index (χ4v) is 4.55. The largest absolute Gasteiger partial charge is 0.508 e. The lowest BCUT2D eigenvalue weighted by Gasteiger charge is -2.34. The van der Waals surface area contributed by atoms with E-state index in [1.165, 1.54) is 12.5 Å². The van der Waals surface area contributed by atoms with Crippen molar-refractivity contribution < 1.29 is 14.6 Å². The molecule has 0 aromatic carbocycles. The predicted octanol–water partition coefficient (Wildman–Crippen LogP) is 5.60. The lowest BCUT2D eigenvalue weighted by atomic mass is 9.74. The topological polar surface area (TPSA) is 52.8 Å². The van der Waals surface area contributed by atoms with Gasteiger partial charge in [-0.1, -0.05) is 31.8 Å². The van der Waals surface area contributed by atoms with Gasteiger partial charge in [0, 0.05) is 5.92 Å². The second-order valence-corrected chi connectivity index (χ2v) is 8.00. The first-order valence-electron chi connectivity index (χ1n) is 9.59. The van der Waals surface area contributed by atoms with E-state index >= 15 is 0 Å². The summed E-state index contributed by atoms with van der Waals surface area (Å²) in [6.45, 7) is 6.02. The van der Waals surface area contributed by atoms with E-state index in [1.54, 1.807) is 6.08 Å². The number of aliphatic hydroxyl groups is 2. The van der Waals surface area contributed by atoms with Crippen LogP contribution in [-0.2, 0) is 0 Å². The number of hydrogen-bond acceptors (Lipinski definition) is 3. The van der Waals surface area contributed by atoms with Gasteiger partial charge in [-0.3, -0.25) is 4.99 Å². The number of alkyl halides is 1. The van der Waals surface area contributed by atoms with Crippen LogP contribution >= 0.6 is 0 Å². The second-order valence-electron chi connectivity index (χ2n) is 8.00. The molecule has 3 nitrogen and oxygen atoms in total. The Morgan fingerprint density at radius 3 is 2.52 bits per heavy atom. The molecular formula is C21H30FNO2. The van der Waals surface area contributed by atoms with Crippen molar-refractivity contribution in [3.63, 3.8) is 0 Å². The number of hydrogen-bond donors (Lipinski definition) is 2. The van der Waals surface area contributed by atoms with Gasteiger partial charge >= 0.3 is 0 Å². The molecule has 0 bridgehead atoms. The lowest BCUT2D eigenvalue weighted by Crippen LogP contribution is -2.34. The number of aliphatic imine (C=N–C) groups is 1. The van der Waals surface area contributed by atoms with E-state index in [9.17, 15) is 14.6 Å². The predicted molar refractivity (Wildman–Crippen MR) is 99.8 cm³/mol. The van der Waals surface area contributed by atoms with Gasteiger partial charge in [-0.05, 0) is 62.7 Å². The Kier molecular flexibility index (Phi) is 5.35. The highest BCUT2D eigenvalue weighted by molar-refractivity contribution is 6.00. The van der Waals surface area contributed by atoms with Crippen LogP contribution in [0, 0.1) is 17.8 Å². The van der Waals surface area contributed by atoms with Gasteiger partial charge in [0.05, 0.1) is 11.8 Å². The van der Waals surface area contributed by atoms with Crippen LogP contribution in [0.25, 0.3) is 0 Å². The van der Waals surface area contributed by atoms with Crippen LogP contribution in [0.4, 0.5) is 4.39 Å². The van der Waals surface area contributed by atoms with Crippen molar-refractivity contribution in [2.24, 2.45) is 22.7 Å². The molecule has 2 N–H and O–H groups in total. The minimum absolute atomic E-state index is 0.0494. The average Bonchev–Trinajstić information content (AvgIpc) is 2.59. The molecule has 1 fully saturated rings. The smallest absolute Gasteiger partial charge is 0.144 e. The molecule has 4 unspecified atom stereocenters. The maximum absolute atomic E-state index is 14.6. The monoisotopic (exact) mass is 347 g/mol. The number of allylic oxidation sites excluding steroid dienone is 4. The summed E-state index contributed by atoms with van der Waals surface area (Å²) >= 11 is 0. The Bertz CT molecular complexity index is 640. The molecule has 0 aromatic rings. The summed E-state index contributed by atoms with van der Waals surface area (Å²) in [5.41, 5.74) is 2.76. The summed E-state index contributed by atoms with van der Waals surface area (Å²) in [5.74, 6) is 0.999. The Balaban J connectivity index is 1.79. The summed E-state index contributed by atoms with van der Waals surface area (Å²) in [6.07, 6.45) is 8.15. The van der Waals surface area contributed by atoms with Gasteiger partial charge < -0.3 is 10.2 Å². The molecule has 0 amide bonds. The standard InChI is InChI=1S/C21H30FNO2/c1-12-9-19(24)14(3)13(2)16(12)10-18-17(22)11-20(25)21(23-18)15-7-5-4-6-8-15/h9,11,13,15-18,24-25H,4-8,10H2,1-3H3. The van der Waals surface area contributed by atoms with Gasteiger partial charge in [0.2, 0.25) is 0 Å². The highest BCUT2D eigenvalue weighted by Crippen LogP contribution is 2.39. The molecule has 0 spiro atoms. The Labute approximate surface area is 150 Å². The molecule has 0 radical (unpaired) electrons. The number of rotatable bonds is 3. The van der Waals surface area contributed by atoms with Crippen LogP contribution in [0.1, 0.15) is 59.3 Å². The van der Waals surface area contributed by atoms with Gasteiger partial charge in [0.25, 0.3) is 0 Å². The number of aliphatic hydroxyl groups excluding tert-OH is 2. The molecule has 1 aliphatic heterocycles. The first-order chi connectivity index (χ1) is 11.9. The van der Waals surface area contributed by atoms with E-state index in [0.717, 1.165) is 42.5 Å². The zero-order valence-electron chi connectivity index (χ0n) is 15.5. The summed E-state index contributed by atoms with van der Waals surface area (Å²) in [4.78, 5) is 4.69. The molecular weight excluding hydrogens is 317 g/mol. The van der Waals surface area contributed by atoms with Crippen molar-refractivity contribution >= 4 is 5.71 Å². The fourth-order valence-electron chi connectivity index (χ4n) is 4.55. The summed E-state index contributed by atoms with van der Waals surface area (Å²) in [5, 5.41) is 20.2. The molecule has 3 rings (SSSR count). The third-order valence-corrected chi connectivity index (χ3v) is 6.38. The van der Waals surface area contributed by atoms with Gasteiger partial charge in [-0.25, -0.2) is 4.39 Å². The van der Waals surface area contributed by atoms with E-state index in [1.807, 2.05) is 13.8 Å². The van der Waals surface area contributed by atoms with Gasteiger partial charge in [0.15, 0.2) is 0 Å². The molecule has 1 heterocycles. The fraction of sp³-hybridized carbons (Fsp3) is 0.667. The summed E-state index contributed by atoms with van der Waals surface area (Å²) in [7, 11) is 0. The Morgan fingerprint density at radius 1 is 1.16 bits per heavy atom. The van der Waals surface area contributed by atoms with Crippen molar-refractivity contribution in [3.05, 3.63) is 34.8 Å².